The Labute approximate surface area is 116 Å². The highest BCUT2D eigenvalue weighted by molar-refractivity contribution is 5.72. The summed E-state index contributed by atoms with van der Waals surface area (Å²) in [6.07, 6.45) is 2.36. The third-order valence-electron chi connectivity index (χ3n) is 3.68. The molecule has 1 rings (SSSR count). The van der Waals surface area contributed by atoms with Crippen molar-refractivity contribution in [2.24, 2.45) is 5.92 Å². The Hall–Kier alpha value is -0.650. The third-order valence-corrected chi connectivity index (χ3v) is 3.68. The van der Waals surface area contributed by atoms with Crippen molar-refractivity contribution in [3.63, 3.8) is 0 Å². The predicted molar refractivity (Wildman–Crippen MR) is 75.4 cm³/mol. The van der Waals surface area contributed by atoms with Crippen LogP contribution < -0.4 is 0 Å². The van der Waals surface area contributed by atoms with Crippen molar-refractivity contribution in [1.82, 2.24) is 9.80 Å². The van der Waals surface area contributed by atoms with Crippen LogP contribution in [-0.4, -0.2) is 73.9 Å². The lowest BCUT2D eigenvalue weighted by molar-refractivity contribution is -0.150. The zero-order valence-corrected chi connectivity index (χ0v) is 12.5. The molecule has 1 aliphatic rings. The van der Waals surface area contributed by atoms with Crippen LogP contribution in [0.1, 0.15) is 26.2 Å². The first-order chi connectivity index (χ1) is 9.02. The van der Waals surface area contributed by atoms with E-state index in [-0.39, 0.29) is 0 Å². The standard InChI is InChI=1S/C14H28N2O3/c1-4-19-13(14(17)18)7-10-16-8-5-12(6-9-16)11-15(2)3/h12-13H,4-11H2,1-3H3,(H,17,18). The fourth-order valence-corrected chi connectivity index (χ4v) is 2.69. The van der Waals surface area contributed by atoms with E-state index in [2.05, 4.69) is 23.9 Å². The van der Waals surface area contributed by atoms with Crippen LogP contribution >= 0.6 is 0 Å². The quantitative estimate of drug-likeness (QED) is 0.718. The topological polar surface area (TPSA) is 53.0 Å². The highest BCUT2D eigenvalue weighted by atomic mass is 16.5. The Morgan fingerprint density at radius 2 is 2.05 bits per heavy atom. The van der Waals surface area contributed by atoms with E-state index >= 15 is 0 Å². The van der Waals surface area contributed by atoms with Gasteiger partial charge in [0.1, 0.15) is 0 Å². The molecule has 1 unspecified atom stereocenters. The van der Waals surface area contributed by atoms with Gasteiger partial charge in [-0.15, -0.1) is 0 Å². The van der Waals surface area contributed by atoms with Crippen molar-refractivity contribution in [3.8, 4) is 0 Å². The van der Waals surface area contributed by atoms with Crippen LogP contribution in [0.25, 0.3) is 0 Å². The van der Waals surface area contributed by atoms with Gasteiger partial charge < -0.3 is 19.6 Å². The molecular weight excluding hydrogens is 244 g/mol. The monoisotopic (exact) mass is 272 g/mol. The van der Waals surface area contributed by atoms with E-state index in [1.54, 1.807) is 0 Å². The van der Waals surface area contributed by atoms with E-state index in [1.807, 2.05) is 6.92 Å². The van der Waals surface area contributed by atoms with Crippen molar-refractivity contribution in [2.45, 2.75) is 32.3 Å². The number of aliphatic carboxylic acids is 1. The van der Waals surface area contributed by atoms with Gasteiger partial charge in [0, 0.05) is 19.7 Å². The molecule has 1 aliphatic heterocycles. The first-order valence-electron chi connectivity index (χ1n) is 7.24. The predicted octanol–water partition coefficient (Wildman–Crippen LogP) is 1.14. The molecule has 0 spiro atoms. The zero-order valence-electron chi connectivity index (χ0n) is 12.5. The molecule has 0 amide bonds. The Kier molecular flexibility index (Phi) is 7.34. The summed E-state index contributed by atoms with van der Waals surface area (Å²) >= 11 is 0. The van der Waals surface area contributed by atoms with Gasteiger partial charge in [-0.25, -0.2) is 4.79 Å². The number of carboxylic acids is 1. The molecule has 0 radical (unpaired) electrons. The number of ether oxygens (including phenoxy) is 1. The van der Waals surface area contributed by atoms with Crippen molar-refractivity contribution >= 4 is 5.97 Å². The Balaban J connectivity index is 2.23. The van der Waals surface area contributed by atoms with Gasteiger partial charge in [0.2, 0.25) is 0 Å². The molecule has 1 heterocycles. The molecular formula is C14H28N2O3. The summed E-state index contributed by atoms with van der Waals surface area (Å²) < 4.78 is 5.24. The normalized spacial score (nSPS) is 19.8. The lowest BCUT2D eigenvalue weighted by Gasteiger charge is -2.33. The molecule has 1 N–H and O–H groups in total. The Morgan fingerprint density at radius 1 is 1.42 bits per heavy atom. The van der Waals surface area contributed by atoms with Crippen LogP contribution in [0, 0.1) is 5.92 Å². The fraction of sp³-hybridized carbons (Fsp3) is 0.929. The Bertz CT molecular complexity index is 263. The number of likely N-dealkylation sites (tertiary alicyclic amines) is 1. The summed E-state index contributed by atoms with van der Waals surface area (Å²) in [4.78, 5) is 15.6. The molecule has 19 heavy (non-hydrogen) atoms. The van der Waals surface area contributed by atoms with Gasteiger partial charge in [-0.05, 0) is 59.3 Å². The van der Waals surface area contributed by atoms with Crippen molar-refractivity contribution in [3.05, 3.63) is 0 Å². The summed E-state index contributed by atoms with van der Waals surface area (Å²) in [6.45, 7) is 6.44. The highest BCUT2D eigenvalue weighted by Gasteiger charge is 2.22. The van der Waals surface area contributed by atoms with Gasteiger partial charge in [-0.1, -0.05) is 0 Å². The summed E-state index contributed by atoms with van der Waals surface area (Å²) in [5, 5.41) is 9.03. The molecule has 1 fully saturated rings. The maximum atomic E-state index is 11.0. The molecule has 0 aliphatic carbocycles. The van der Waals surface area contributed by atoms with Crippen LogP contribution in [0.2, 0.25) is 0 Å². The van der Waals surface area contributed by atoms with Crippen LogP contribution in [0.15, 0.2) is 0 Å². The van der Waals surface area contributed by atoms with Gasteiger partial charge in [-0.3, -0.25) is 0 Å². The van der Waals surface area contributed by atoms with Crippen molar-refractivity contribution in [2.75, 3.05) is 46.9 Å². The number of nitrogens with zero attached hydrogens (tertiary/aromatic N) is 2. The minimum absolute atomic E-state index is 0.460. The zero-order chi connectivity index (χ0) is 14.3. The van der Waals surface area contributed by atoms with E-state index in [4.69, 9.17) is 9.84 Å². The number of carbonyl (C=O) groups is 1. The van der Waals surface area contributed by atoms with Crippen molar-refractivity contribution in [1.29, 1.82) is 0 Å². The minimum Gasteiger partial charge on any atom is -0.479 e. The molecule has 5 nitrogen and oxygen atoms in total. The van der Waals surface area contributed by atoms with E-state index < -0.39 is 12.1 Å². The number of carboxylic acid groups (broad SMARTS) is 1. The van der Waals surface area contributed by atoms with Crippen molar-refractivity contribution < 1.29 is 14.6 Å². The maximum absolute atomic E-state index is 11.0. The van der Waals surface area contributed by atoms with E-state index in [0.717, 1.165) is 32.1 Å². The second kappa shape index (κ2) is 8.51. The lowest BCUT2D eigenvalue weighted by Crippen LogP contribution is -2.39. The average molecular weight is 272 g/mol. The summed E-state index contributed by atoms with van der Waals surface area (Å²) in [6, 6.07) is 0. The van der Waals surface area contributed by atoms with Gasteiger partial charge in [0.25, 0.3) is 0 Å². The van der Waals surface area contributed by atoms with Gasteiger partial charge in [0.15, 0.2) is 6.10 Å². The highest BCUT2D eigenvalue weighted by Crippen LogP contribution is 2.18. The fourth-order valence-electron chi connectivity index (χ4n) is 2.69. The second-order valence-electron chi connectivity index (χ2n) is 5.62. The third kappa shape index (κ3) is 6.36. The molecule has 0 aromatic heterocycles. The minimum atomic E-state index is -0.843. The van der Waals surface area contributed by atoms with Crippen LogP contribution in [0.4, 0.5) is 0 Å². The smallest absolute Gasteiger partial charge is 0.332 e. The molecule has 112 valence electrons. The van der Waals surface area contributed by atoms with Crippen LogP contribution in [0.3, 0.4) is 0 Å². The number of rotatable bonds is 8. The summed E-state index contributed by atoms with van der Waals surface area (Å²) in [7, 11) is 4.23. The van der Waals surface area contributed by atoms with E-state index in [9.17, 15) is 4.79 Å². The molecule has 0 aromatic carbocycles. The SMILES string of the molecule is CCOC(CCN1CCC(CN(C)C)CC1)C(=O)O. The van der Waals surface area contributed by atoms with E-state index in [0.29, 0.717) is 13.0 Å². The molecule has 5 heteroatoms. The summed E-state index contributed by atoms with van der Waals surface area (Å²) in [5.74, 6) is -0.0576. The number of piperidine rings is 1. The molecule has 0 saturated carbocycles. The van der Waals surface area contributed by atoms with E-state index in [1.165, 1.54) is 12.8 Å². The van der Waals surface area contributed by atoms with Crippen LogP contribution in [-0.2, 0) is 9.53 Å². The maximum Gasteiger partial charge on any atom is 0.332 e. The summed E-state index contributed by atoms with van der Waals surface area (Å²) in [5.41, 5.74) is 0. The van der Waals surface area contributed by atoms with Crippen LogP contribution in [0.5, 0.6) is 0 Å². The van der Waals surface area contributed by atoms with Gasteiger partial charge >= 0.3 is 5.97 Å². The molecule has 0 aromatic rings. The van der Waals surface area contributed by atoms with Gasteiger partial charge in [-0.2, -0.15) is 0 Å². The molecule has 0 bridgehead atoms. The number of hydrogen-bond acceptors (Lipinski definition) is 4. The number of hydrogen-bond donors (Lipinski definition) is 1. The van der Waals surface area contributed by atoms with Gasteiger partial charge in [0.05, 0.1) is 0 Å². The first kappa shape index (κ1) is 16.4. The first-order valence-corrected chi connectivity index (χ1v) is 7.24. The molecule has 1 saturated heterocycles. The molecule has 1 atom stereocenters. The largest absolute Gasteiger partial charge is 0.479 e. The average Bonchev–Trinajstić information content (AvgIpc) is 2.35. The Morgan fingerprint density at radius 3 is 2.53 bits per heavy atom. The lowest BCUT2D eigenvalue weighted by atomic mass is 9.96. The second-order valence-corrected chi connectivity index (χ2v) is 5.62.